The van der Waals surface area contributed by atoms with E-state index < -0.39 is 0 Å². The molecule has 0 atom stereocenters. The Morgan fingerprint density at radius 3 is 2.69 bits per heavy atom. The Balaban J connectivity index is 0. The van der Waals surface area contributed by atoms with Crippen molar-refractivity contribution in [1.82, 2.24) is 4.98 Å². The van der Waals surface area contributed by atoms with Crippen molar-refractivity contribution in [3.8, 4) is 11.8 Å². The van der Waals surface area contributed by atoms with Crippen LogP contribution in [0.15, 0.2) is 18.5 Å². The highest BCUT2D eigenvalue weighted by Gasteiger charge is 1.92. The number of nitrogens with two attached hydrogens (primary N) is 1. The van der Waals surface area contributed by atoms with Gasteiger partial charge in [0.05, 0.1) is 17.1 Å². The maximum Gasteiger partial charge on any atom is 0.0615 e. The van der Waals surface area contributed by atoms with Gasteiger partial charge < -0.3 is 5.73 Å². The molecule has 0 saturated heterocycles. The van der Waals surface area contributed by atoms with E-state index in [1.54, 1.807) is 18.5 Å². The minimum atomic E-state index is 0. The fourth-order valence-electron chi connectivity index (χ4n) is 0.616. The highest BCUT2D eigenvalue weighted by Crippen LogP contribution is 2.11. The summed E-state index contributed by atoms with van der Waals surface area (Å²) in [5.41, 5.74) is 5.91. The largest absolute Gasteiger partial charge is 0.320 e. The van der Waals surface area contributed by atoms with Crippen molar-refractivity contribution in [2.45, 2.75) is 0 Å². The minimum Gasteiger partial charge on any atom is -0.320 e. The second-order valence-corrected chi connectivity index (χ2v) is 2.27. The molecule has 0 fully saturated rings. The van der Waals surface area contributed by atoms with Crippen LogP contribution in [0.2, 0.25) is 5.02 Å². The molecule has 1 aromatic rings. The molecule has 0 saturated carbocycles. The zero-order chi connectivity index (χ0) is 8.10. The lowest BCUT2D eigenvalue weighted by Gasteiger charge is -1.90. The lowest BCUT2D eigenvalue weighted by atomic mass is 10.3. The van der Waals surface area contributed by atoms with Gasteiger partial charge in [0, 0.05) is 12.4 Å². The van der Waals surface area contributed by atoms with Gasteiger partial charge in [-0.15, -0.1) is 24.8 Å². The van der Waals surface area contributed by atoms with Crippen LogP contribution < -0.4 is 5.73 Å². The van der Waals surface area contributed by atoms with E-state index in [4.69, 9.17) is 17.3 Å². The number of halogens is 3. The molecular weight excluding hydrogens is 230 g/mol. The summed E-state index contributed by atoms with van der Waals surface area (Å²) >= 11 is 5.78. The van der Waals surface area contributed by atoms with Gasteiger partial charge in [-0.05, 0) is 6.07 Å². The lowest BCUT2D eigenvalue weighted by molar-refractivity contribution is 1.29. The third kappa shape index (κ3) is 4.97. The smallest absolute Gasteiger partial charge is 0.0615 e. The second kappa shape index (κ2) is 8.15. The molecule has 0 aliphatic carbocycles. The molecule has 0 aromatic carbocycles. The molecule has 0 aliphatic rings. The van der Waals surface area contributed by atoms with E-state index in [-0.39, 0.29) is 24.8 Å². The zero-order valence-corrected chi connectivity index (χ0v) is 9.05. The van der Waals surface area contributed by atoms with Gasteiger partial charge in [-0.2, -0.15) is 0 Å². The maximum atomic E-state index is 5.78. The average Bonchev–Trinajstić information content (AvgIpc) is 2.03. The summed E-state index contributed by atoms with van der Waals surface area (Å²) in [6.45, 7) is 0.339. The van der Waals surface area contributed by atoms with Gasteiger partial charge in [0.1, 0.15) is 0 Å². The summed E-state index contributed by atoms with van der Waals surface area (Å²) < 4.78 is 0. The second-order valence-electron chi connectivity index (χ2n) is 1.86. The molecule has 0 unspecified atom stereocenters. The van der Waals surface area contributed by atoms with Crippen LogP contribution in [0.3, 0.4) is 0 Å². The fraction of sp³-hybridized carbons (Fsp3) is 0.125. The van der Waals surface area contributed by atoms with Crippen molar-refractivity contribution >= 4 is 36.4 Å². The molecule has 0 aliphatic heterocycles. The molecule has 72 valence electrons. The van der Waals surface area contributed by atoms with Crippen LogP contribution in [-0.2, 0) is 0 Å². The molecule has 5 heteroatoms. The number of pyridine rings is 1. The van der Waals surface area contributed by atoms with Crippen LogP contribution in [0.25, 0.3) is 0 Å². The fourth-order valence-corrected chi connectivity index (χ4v) is 0.768. The van der Waals surface area contributed by atoms with Gasteiger partial charge >= 0.3 is 0 Å². The first kappa shape index (κ1) is 15.0. The number of rotatable bonds is 0. The molecule has 0 radical (unpaired) electrons. The average molecular weight is 240 g/mol. The van der Waals surface area contributed by atoms with Crippen LogP contribution in [0.4, 0.5) is 0 Å². The van der Waals surface area contributed by atoms with E-state index in [0.717, 1.165) is 5.56 Å². The Kier molecular flexibility index (Phi) is 9.43. The normalized spacial score (nSPS) is 7.23. The Morgan fingerprint density at radius 1 is 1.46 bits per heavy atom. The molecule has 0 amide bonds. The first-order chi connectivity index (χ1) is 5.34. The van der Waals surface area contributed by atoms with Crippen LogP contribution >= 0.6 is 36.4 Å². The highest BCUT2D eigenvalue weighted by molar-refractivity contribution is 6.31. The molecule has 2 N–H and O–H groups in total. The summed E-state index contributed by atoms with van der Waals surface area (Å²) in [6.07, 6.45) is 3.24. The predicted octanol–water partition coefficient (Wildman–Crippen LogP) is 1.89. The van der Waals surface area contributed by atoms with Crippen molar-refractivity contribution < 1.29 is 0 Å². The van der Waals surface area contributed by atoms with Crippen LogP contribution in [0.1, 0.15) is 5.56 Å². The molecule has 0 spiro atoms. The zero-order valence-electron chi connectivity index (χ0n) is 6.66. The first-order valence-electron chi connectivity index (χ1n) is 3.13. The Bertz CT molecular complexity index is 304. The van der Waals surface area contributed by atoms with E-state index in [1.807, 2.05) is 0 Å². The Hall–Kier alpha value is -0.460. The first-order valence-corrected chi connectivity index (χ1v) is 3.51. The van der Waals surface area contributed by atoms with E-state index >= 15 is 0 Å². The van der Waals surface area contributed by atoms with Crippen LogP contribution in [-0.4, -0.2) is 11.5 Å². The van der Waals surface area contributed by atoms with E-state index in [9.17, 15) is 0 Å². The number of hydrogen-bond acceptors (Lipinski definition) is 2. The molecule has 13 heavy (non-hydrogen) atoms. The summed E-state index contributed by atoms with van der Waals surface area (Å²) in [7, 11) is 0. The van der Waals surface area contributed by atoms with E-state index in [2.05, 4.69) is 16.8 Å². The van der Waals surface area contributed by atoms with Gasteiger partial charge in [-0.3, -0.25) is 4.98 Å². The number of hydrogen-bond donors (Lipinski definition) is 1. The number of aromatic nitrogens is 1. The number of nitrogens with zero attached hydrogens (tertiary/aromatic N) is 1. The molecule has 0 bridgehead atoms. The van der Waals surface area contributed by atoms with Gasteiger partial charge in [-0.25, -0.2) is 0 Å². The molecule has 2 nitrogen and oxygen atoms in total. The van der Waals surface area contributed by atoms with Crippen molar-refractivity contribution in [2.75, 3.05) is 6.54 Å². The van der Waals surface area contributed by atoms with Crippen molar-refractivity contribution in [3.05, 3.63) is 29.0 Å². The molecule has 1 aromatic heterocycles. The Labute approximate surface area is 94.7 Å². The van der Waals surface area contributed by atoms with Crippen molar-refractivity contribution in [2.24, 2.45) is 5.73 Å². The highest BCUT2D eigenvalue weighted by atomic mass is 35.5. The van der Waals surface area contributed by atoms with Gasteiger partial charge in [-0.1, -0.05) is 23.4 Å². The van der Waals surface area contributed by atoms with Gasteiger partial charge in [0.2, 0.25) is 0 Å². The van der Waals surface area contributed by atoms with E-state index in [0.29, 0.717) is 11.6 Å². The molecular formula is C8H9Cl3N2. The van der Waals surface area contributed by atoms with Crippen molar-refractivity contribution in [3.63, 3.8) is 0 Å². The summed E-state index contributed by atoms with van der Waals surface area (Å²) in [4.78, 5) is 3.87. The summed E-state index contributed by atoms with van der Waals surface area (Å²) in [5.74, 6) is 5.50. The molecule has 1 rings (SSSR count). The van der Waals surface area contributed by atoms with E-state index in [1.165, 1.54) is 0 Å². The third-order valence-electron chi connectivity index (χ3n) is 1.09. The van der Waals surface area contributed by atoms with Crippen LogP contribution in [0, 0.1) is 11.8 Å². The third-order valence-corrected chi connectivity index (χ3v) is 1.42. The maximum absolute atomic E-state index is 5.78. The molecule has 1 heterocycles. The summed E-state index contributed by atoms with van der Waals surface area (Å²) in [5, 5.41) is 0.612. The van der Waals surface area contributed by atoms with Crippen molar-refractivity contribution in [1.29, 1.82) is 0 Å². The summed E-state index contributed by atoms with van der Waals surface area (Å²) in [6, 6.07) is 1.70. The Morgan fingerprint density at radius 2 is 2.15 bits per heavy atom. The quantitative estimate of drug-likeness (QED) is 0.702. The standard InChI is InChI=1S/C8H7ClN2.2ClH/c9-8-3-5-11-6-7(8)2-1-4-10;;/h3,5-6H,4,10H2;2*1H. The minimum absolute atomic E-state index is 0. The monoisotopic (exact) mass is 238 g/mol. The predicted molar refractivity (Wildman–Crippen MR) is 59.7 cm³/mol. The van der Waals surface area contributed by atoms with Gasteiger partial charge in [0.15, 0.2) is 0 Å². The topological polar surface area (TPSA) is 38.9 Å². The van der Waals surface area contributed by atoms with Crippen LogP contribution in [0.5, 0.6) is 0 Å². The SMILES string of the molecule is Cl.Cl.NCC#Cc1cnccc1Cl. The lowest BCUT2D eigenvalue weighted by Crippen LogP contribution is -1.93. The van der Waals surface area contributed by atoms with Gasteiger partial charge in [0.25, 0.3) is 0 Å².